The van der Waals surface area contributed by atoms with Crippen LogP contribution in [0.4, 0.5) is 0 Å². The first-order valence-corrected chi connectivity index (χ1v) is 7.40. The fraction of sp³-hybridized carbons (Fsp3) is 0.750. The molecule has 0 spiro atoms. The molecule has 0 fully saturated rings. The Hall–Kier alpha value is -0.840. The molecule has 0 aliphatic rings. The summed E-state index contributed by atoms with van der Waals surface area (Å²) in [5.41, 5.74) is 1.33. The van der Waals surface area contributed by atoms with Crippen LogP contribution < -0.4 is 5.32 Å². The zero-order valence-corrected chi connectivity index (χ0v) is 13.9. The van der Waals surface area contributed by atoms with Gasteiger partial charge in [0.15, 0.2) is 0 Å². The smallest absolute Gasteiger partial charge is 0.120 e. The van der Waals surface area contributed by atoms with Crippen molar-refractivity contribution in [3.63, 3.8) is 0 Å². The topological polar surface area (TPSA) is 37.6 Å². The number of nitrogens with one attached hydrogen (secondary N) is 1. The molecule has 0 aromatic carbocycles. The van der Waals surface area contributed by atoms with Gasteiger partial charge in [0.25, 0.3) is 0 Å². The molecule has 0 atom stereocenters. The highest BCUT2D eigenvalue weighted by Gasteiger charge is 2.14. The summed E-state index contributed by atoms with van der Waals surface area (Å²) in [6.45, 7) is 15.1. The number of hydrogen-bond acceptors (Lipinski definition) is 4. The Balaban J connectivity index is 2.59. The van der Waals surface area contributed by atoms with Crippen LogP contribution in [0, 0.1) is 6.92 Å². The first kappa shape index (κ1) is 17.2. The van der Waals surface area contributed by atoms with E-state index in [2.05, 4.69) is 50.9 Å². The van der Waals surface area contributed by atoms with Crippen LogP contribution in [0.5, 0.6) is 0 Å². The first-order valence-electron chi connectivity index (χ1n) is 7.40. The number of ether oxygens (including phenoxy) is 1. The van der Waals surface area contributed by atoms with Crippen molar-refractivity contribution in [1.82, 2.24) is 10.2 Å². The molecule has 0 amide bonds. The Morgan fingerprint density at radius 1 is 1.35 bits per heavy atom. The normalized spacial score (nSPS) is 12.3. The van der Waals surface area contributed by atoms with Gasteiger partial charge in [-0.2, -0.15) is 0 Å². The Morgan fingerprint density at radius 2 is 2.05 bits per heavy atom. The molecule has 0 bridgehead atoms. The molecule has 1 aromatic heterocycles. The second-order valence-corrected chi connectivity index (χ2v) is 6.28. The second-order valence-electron chi connectivity index (χ2n) is 6.28. The molecule has 0 unspecified atom stereocenters. The average molecular weight is 282 g/mol. The molecule has 4 heteroatoms. The van der Waals surface area contributed by atoms with Crippen LogP contribution in [0.3, 0.4) is 0 Å². The van der Waals surface area contributed by atoms with E-state index >= 15 is 0 Å². The molecular weight excluding hydrogens is 252 g/mol. The molecule has 0 saturated heterocycles. The zero-order chi connectivity index (χ0) is 15.2. The summed E-state index contributed by atoms with van der Waals surface area (Å²) in [6.07, 6.45) is 0. The van der Waals surface area contributed by atoms with Crippen molar-refractivity contribution < 1.29 is 9.15 Å². The number of likely N-dealkylation sites (N-methyl/N-ethyl adjacent to an activating group) is 1. The quantitative estimate of drug-likeness (QED) is 0.795. The summed E-state index contributed by atoms with van der Waals surface area (Å²) in [6, 6.07) is 2.15. The van der Waals surface area contributed by atoms with Crippen LogP contribution in [0.15, 0.2) is 10.5 Å². The Labute approximate surface area is 123 Å². The van der Waals surface area contributed by atoms with Gasteiger partial charge in [-0.05, 0) is 45.9 Å². The van der Waals surface area contributed by atoms with E-state index in [0.29, 0.717) is 0 Å². The molecular formula is C16H30N2O2. The summed E-state index contributed by atoms with van der Waals surface area (Å²) in [5.74, 6) is 2.07. The lowest BCUT2D eigenvalue weighted by atomic mass is 10.1. The highest BCUT2D eigenvalue weighted by Crippen LogP contribution is 2.17. The summed E-state index contributed by atoms with van der Waals surface area (Å²) in [7, 11) is 1.74. The van der Waals surface area contributed by atoms with E-state index in [4.69, 9.17) is 9.15 Å². The predicted octanol–water partition coefficient (Wildman–Crippen LogP) is 2.94. The summed E-state index contributed by atoms with van der Waals surface area (Å²) < 4.78 is 11.1. The third-order valence-electron chi connectivity index (χ3n) is 3.29. The lowest BCUT2D eigenvalue weighted by molar-refractivity contribution is 0.142. The largest absolute Gasteiger partial charge is 0.463 e. The van der Waals surface area contributed by atoms with E-state index in [-0.39, 0.29) is 5.54 Å². The van der Waals surface area contributed by atoms with Gasteiger partial charge in [0.1, 0.15) is 11.5 Å². The van der Waals surface area contributed by atoms with E-state index in [1.807, 2.05) is 0 Å². The number of hydrogen-bond donors (Lipinski definition) is 1. The molecule has 0 radical (unpaired) electrons. The molecule has 4 nitrogen and oxygen atoms in total. The van der Waals surface area contributed by atoms with Crippen molar-refractivity contribution in [2.75, 3.05) is 26.8 Å². The first-order chi connectivity index (χ1) is 9.35. The van der Waals surface area contributed by atoms with Crippen LogP contribution in [-0.4, -0.2) is 37.2 Å². The van der Waals surface area contributed by atoms with Crippen LogP contribution >= 0.6 is 0 Å². The molecule has 1 heterocycles. The van der Waals surface area contributed by atoms with Gasteiger partial charge in [-0.3, -0.25) is 4.90 Å². The second kappa shape index (κ2) is 7.81. The van der Waals surface area contributed by atoms with Crippen molar-refractivity contribution in [3.05, 3.63) is 23.2 Å². The summed E-state index contributed by atoms with van der Waals surface area (Å²) in [4.78, 5) is 2.32. The zero-order valence-electron chi connectivity index (χ0n) is 13.9. The molecule has 20 heavy (non-hydrogen) atoms. The van der Waals surface area contributed by atoms with Gasteiger partial charge in [0, 0.05) is 19.2 Å². The average Bonchev–Trinajstić information content (AvgIpc) is 2.71. The predicted molar refractivity (Wildman–Crippen MR) is 82.9 cm³/mol. The van der Waals surface area contributed by atoms with Crippen LogP contribution in [0.2, 0.25) is 0 Å². The third kappa shape index (κ3) is 6.07. The van der Waals surface area contributed by atoms with Crippen LogP contribution in [0.1, 0.15) is 44.8 Å². The Morgan fingerprint density at radius 3 is 2.60 bits per heavy atom. The number of rotatable bonds is 8. The number of aryl methyl sites for hydroxylation is 1. The summed E-state index contributed by atoms with van der Waals surface area (Å²) in [5, 5.41) is 3.47. The number of nitrogens with zero attached hydrogens (tertiary/aromatic N) is 1. The lowest BCUT2D eigenvalue weighted by Crippen LogP contribution is -2.35. The third-order valence-corrected chi connectivity index (χ3v) is 3.29. The highest BCUT2D eigenvalue weighted by molar-refractivity contribution is 5.20. The molecule has 116 valence electrons. The van der Waals surface area contributed by atoms with E-state index in [1.54, 1.807) is 7.11 Å². The van der Waals surface area contributed by atoms with Crippen LogP contribution in [-0.2, 0) is 17.8 Å². The van der Waals surface area contributed by atoms with E-state index in [9.17, 15) is 0 Å². The van der Waals surface area contributed by atoms with Gasteiger partial charge in [-0.15, -0.1) is 0 Å². The maximum atomic E-state index is 5.98. The van der Waals surface area contributed by atoms with Gasteiger partial charge in [-0.25, -0.2) is 0 Å². The maximum Gasteiger partial charge on any atom is 0.120 e. The standard InChI is InChI=1S/C16H30N2O2/c1-7-18(8-9-19-6)12-14-10-13(2)15(20-14)11-17-16(3,4)5/h10,17H,7-9,11-12H2,1-6H3. The van der Waals surface area contributed by atoms with E-state index < -0.39 is 0 Å². The van der Waals surface area contributed by atoms with Crippen molar-refractivity contribution in [2.24, 2.45) is 0 Å². The van der Waals surface area contributed by atoms with Crippen molar-refractivity contribution in [1.29, 1.82) is 0 Å². The number of methoxy groups -OCH3 is 1. The monoisotopic (exact) mass is 282 g/mol. The fourth-order valence-electron chi connectivity index (χ4n) is 1.98. The van der Waals surface area contributed by atoms with Crippen molar-refractivity contribution >= 4 is 0 Å². The number of furan rings is 1. The van der Waals surface area contributed by atoms with Crippen molar-refractivity contribution in [2.45, 2.75) is 53.2 Å². The van der Waals surface area contributed by atoms with Gasteiger partial charge in [0.05, 0.1) is 19.7 Å². The van der Waals surface area contributed by atoms with Crippen molar-refractivity contribution in [3.8, 4) is 0 Å². The van der Waals surface area contributed by atoms with Gasteiger partial charge in [-0.1, -0.05) is 6.92 Å². The molecule has 1 rings (SSSR count). The summed E-state index contributed by atoms with van der Waals surface area (Å²) >= 11 is 0. The lowest BCUT2D eigenvalue weighted by Gasteiger charge is -2.20. The molecule has 0 aliphatic carbocycles. The van der Waals surface area contributed by atoms with Gasteiger partial charge < -0.3 is 14.5 Å². The fourth-order valence-corrected chi connectivity index (χ4v) is 1.98. The maximum absolute atomic E-state index is 5.98. The molecule has 0 aliphatic heterocycles. The Kier molecular flexibility index (Phi) is 6.72. The highest BCUT2D eigenvalue weighted by atomic mass is 16.5. The van der Waals surface area contributed by atoms with Crippen LogP contribution in [0.25, 0.3) is 0 Å². The van der Waals surface area contributed by atoms with Gasteiger partial charge in [0.2, 0.25) is 0 Å². The minimum atomic E-state index is 0.104. The van der Waals surface area contributed by atoms with Gasteiger partial charge >= 0.3 is 0 Å². The van der Waals surface area contributed by atoms with E-state index in [0.717, 1.165) is 44.3 Å². The minimum absolute atomic E-state index is 0.104. The Bertz CT molecular complexity index is 394. The minimum Gasteiger partial charge on any atom is -0.463 e. The molecule has 1 N–H and O–H groups in total. The molecule has 0 saturated carbocycles. The van der Waals surface area contributed by atoms with E-state index in [1.165, 1.54) is 5.56 Å². The molecule has 1 aromatic rings. The SMILES string of the molecule is CCN(CCOC)Cc1cc(C)c(CNC(C)(C)C)o1.